The minimum absolute atomic E-state index is 0.0408. The summed E-state index contributed by atoms with van der Waals surface area (Å²) in [5.74, 6) is 1.53. The van der Waals surface area contributed by atoms with E-state index in [4.69, 9.17) is 26.5 Å². The van der Waals surface area contributed by atoms with Gasteiger partial charge in [-0.1, -0.05) is 11.6 Å². The van der Waals surface area contributed by atoms with Crippen molar-refractivity contribution in [3.63, 3.8) is 0 Å². The van der Waals surface area contributed by atoms with Gasteiger partial charge in [-0.15, -0.1) is 0 Å². The lowest BCUT2D eigenvalue weighted by atomic mass is 10.2. The third-order valence-electron chi connectivity index (χ3n) is 2.56. The van der Waals surface area contributed by atoms with E-state index in [2.05, 4.69) is 0 Å². The van der Waals surface area contributed by atoms with E-state index in [1.807, 2.05) is 13.0 Å². The van der Waals surface area contributed by atoms with Gasteiger partial charge in [-0.3, -0.25) is 0 Å². The zero-order valence-electron chi connectivity index (χ0n) is 9.87. The third kappa shape index (κ3) is 2.83. The van der Waals surface area contributed by atoms with Crippen molar-refractivity contribution < 1.29 is 13.5 Å². The summed E-state index contributed by atoms with van der Waals surface area (Å²) in [5.41, 5.74) is 6.40. The van der Waals surface area contributed by atoms with Crippen LogP contribution in [0.15, 0.2) is 28.7 Å². The number of hydrogen-bond acceptors (Lipinski definition) is 3. The summed E-state index contributed by atoms with van der Waals surface area (Å²) in [6.07, 6.45) is 0. The van der Waals surface area contributed by atoms with Crippen molar-refractivity contribution in [3.8, 4) is 5.75 Å². The van der Waals surface area contributed by atoms with Crippen LogP contribution in [0.1, 0.15) is 17.1 Å². The molecule has 0 saturated carbocycles. The van der Waals surface area contributed by atoms with Crippen LogP contribution in [0.25, 0.3) is 0 Å². The second kappa shape index (κ2) is 5.42. The number of halogens is 2. The largest absolute Gasteiger partial charge is 0.489 e. The number of rotatable bonds is 4. The fourth-order valence-corrected chi connectivity index (χ4v) is 1.73. The maximum atomic E-state index is 13.0. The lowest BCUT2D eigenvalue weighted by molar-refractivity contribution is 0.302. The number of furan rings is 1. The van der Waals surface area contributed by atoms with Crippen LogP contribution >= 0.6 is 11.6 Å². The first-order valence-electron chi connectivity index (χ1n) is 5.46. The van der Waals surface area contributed by atoms with Crippen LogP contribution in [0.2, 0.25) is 5.02 Å². The molecule has 18 heavy (non-hydrogen) atoms. The Labute approximate surface area is 109 Å². The molecule has 2 aromatic rings. The Hall–Kier alpha value is -1.52. The first-order valence-corrected chi connectivity index (χ1v) is 5.84. The Kier molecular flexibility index (Phi) is 3.89. The maximum Gasteiger partial charge on any atom is 0.142 e. The van der Waals surface area contributed by atoms with Crippen molar-refractivity contribution in [2.24, 2.45) is 5.73 Å². The predicted molar refractivity (Wildman–Crippen MR) is 67.1 cm³/mol. The molecule has 2 N–H and O–H groups in total. The van der Waals surface area contributed by atoms with E-state index in [0.717, 1.165) is 11.3 Å². The second-order valence-corrected chi connectivity index (χ2v) is 4.27. The number of aryl methyl sites for hydroxylation is 1. The summed E-state index contributed by atoms with van der Waals surface area (Å²) in [7, 11) is 0. The van der Waals surface area contributed by atoms with Crippen molar-refractivity contribution in [3.05, 3.63) is 52.2 Å². The SMILES string of the molecule is Cc1oc(CN)cc1COc1ccc(F)c(Cl)c1. The molecule has 0 atom stereocenters. The van der Waals surface area contributed by atoms with E-state index in [-0.39, 0.29) is 5.02 Å². The molecule has 3 nitrogen and oxygen atoms in total. The fourth-order valence-electron chi connectivity index (χ4n) is 1.56. The molecule has 96 valence electrons. The van der Waals surface area contributed by atoms with Gasteiger partial charge in [-0.2, -0.15) is 0 Å². The molecule has 0 unspecified atom stereocenters. The summed E-state index contributed by atoms with van der Waals surface area (Å²) in [6.45, 7) is 2.52. The van der Waals surface area contributed by atoms with Gasteiger partial charge in [0, 0.05) is 11.6 Å². The first kappa shape index (κ1) is 12.9. The molecule has 2 rings (SSSR count). The molecule has 0 radical (unpaired) electrons. The van der Waals surface area contributed by atoms with E-state index in [0.29, 0.717) is 24.7 Å². The minimum Gasteiger partial charge on any atom is -0.489 e. The zero-order chi connectivity index (χ0) is 13.1. The van der Waals surface area contributed by atoms with Crippen LogP contribution in [0.5, 0.6) is 5.75 Å². The summed E-state index contributed by atoms with van der Waals surface area (Å²) in [5, 5.41) is 0.0408. The van der Waals surface area contributed by atoms with Gasteiger partial charge in [0.2, 0.25) is 0 Å². The van der Waals surface area contributed by atoms with Crippen LogP contribution in [-0.2, 0) is 13.2 Å². The van der Waals surface area contributed by atoms with E-state index < -0.39 is 5.82 Å². The van der Waals surface area contributed by atoms with Gasteiger partial charge in [0.15, 0.2) is 0 Å². The highest BCUT2D eigenvalue weighted by molar-refractivity contribution is 6.30. The van der Waals surface area contributed by atoms with Crippen molar-refractivity contribution in [2.45, 2.75) is 20.1 Å². The number of ether oxygens (including phenoxy) is 1. The summed E-state index contributed by atoms with van der Waals surface area (Å²) < 4.78 is 23.9. The van der Waals surface area contributed by atoms with Gasteiger partial charge in [0.25, 0.3) is 0 Å². The van der Waals surface area contributed by atoms with Gasteiger partial charge in [0.05, 0.1) is 11.6 Å². The molecule has 1 aromatic carbocycles. The Morgan fingerprint density at radius 3 is 2.78 bits per heavy atom. The molecule has 0 saturated heterocycles. The lowest BCUT2D eigenvalue weighted by Crippen LogP contribution is -1.96. The molecule has 0 aliphatic heterocycles. The van der Waals surface area contributed by atoms with E-state index in [1.54, 1.807) is 0 Å². The monoisotopic (exact) mass is 269 g/mol. The van der Waals surface area contributed by atoms with Crippen molar-refractivity contribution in [1.29, 1.82) is 0 Å². The van der Waals surface area contributed by atoms with E-state index >= 15 is 0 Å². The molecule has 0 amide bonds. The fraction of sp³-hybridized carbons (Fsp3) is 0.231. The molecule has 0 spiro atoms. The topological polar surface area (TPSA) is 48.4 Å². The Morgan fingerprint density at radius 1 is 1.39 bits per heavy atom. The smallest absolute Gasteiger partial charge is 0.142 e. The number of nitrogens with two attached hydrogens (primary N) is 1. The third-order valence-corrected chi connectivity index (χ3v) is 2.85. The van der Waals surface area contributed by atoms with Crippen LogP contribution < -0.4 is 10.5 Å². The average molecular weight is 270 g/mol. The van der Waals surface area contributed by atoms with Gasteiger partial charge >= 0.3 is 0 Å². The van der Waals surface area contributed by atoms with Gasteiger partial charge in [0.1, 0.15) is 29.7 Å². The van der Waals surface area contributed by atoms with Crippen molar-refractivity contribution in [1.82, 2.24) is 0 Å². The highest BCUT2D eigenvalue weighted by atomic mass is 35.5. The highest BCUT2D eigenvalue weighted by Crippen LogP contribution is 2.23. The summed E-state index contributed by atoms with van der Waals surface area (Å²) >= 11 is 5.66. The quantitative estimate of drug-likeness (QED) is 0.925. The normalized spacial score (nSPS) is 10.7. The number of benzene rings is 1. The molecule has 0 aliphatic carbocycles. The van der Waals surface area contributed by atoms with Crippen molar-refractivity contribution in [2.75, 3.05) is 0 Å². The second-order valence-electron chi connectivity index (χ2n) is 3.86. The molecule has 5 heteroatoms. The zero-order valence-corrected chi connectivity index (χ0v) is 10.6. The molecule has 1 heterocycles. The Morgan fingerprint density at radius 2 is 2.17 bits per heavy atom. The first-order chi connectivity index (χ1) is 8.60. The highest BCUT2D eigenvalue weighted by Gasteiger charge is 2.08. The Balaban J connectivity index is 2.06. The van der Waals surface area contributed by atoms with E-state index in [1.165, 1.54) is 18.2 Å². The maximum absolute atomic E-state index is 13.0. The molecule has 0 fully saturated rings. The standard InChI is InChI=1S/C13H13ClFNO2/c1-8-9(4-11(6-16)18-8)7-17-10-2-3-13(15)12(14)5-10/h2-5H,6-7,16H2,1H3. The summed E-state index contributed by atoms with van der Waals surface area (Å²) in [6, 6.07) is 6.09. The summed E-state index contributed by atoms with van der Waals surface area (Å²) in [4.78, 5) is 0. The molecule has 0 aliphatic rings. The average Bonchev–Trinajstić information content (AvgIpc) is 2.72. The number of hydrogen-bond donors (Lipinski definition) is 1. The molecule has 1 aromatic heterocycles. The van der Waals surface area contributed by atoms with Crippen LogP contribution in [0.4, 0.5) is 4.39 Å². The van der Waals surface area contributed by atoms with Crippen molar-refractivity contribution >= 4 is 11.6 Å². The van der Waals surface area contributed by atoms with Gasteiger partial charge in [-0.25, -0.2) is 4.39 Å². The van der Waals surface area contributed by atoms with Crippen LogP contribution in [0, 0.1) is 12.7 Å². The molecular weight excluding hydrogens is 257 g/mol. The van der Waals surface area contributed by atoms with Gasteiger partial charge < -0.3 is 14.9 Å². The molecule has 0 bridgehead atoms. The lowest BCUT2D eigenvalue weighted by Gasteiger charge is -2.05. The van der Waals surface area contributed by atoms with Crippen LogP contribution in [-0.4, -0.2) is 0 Å². The minimum atomic E-state index is -0.464. The Bertz CT molecular complexity index is 554. The predicted octanol–water partition coefficient (Wildman–Crippen LogP) is 3.42. The van der Waals surface area contributed by atoms with Gasteiger partial charge in [-0.05, 0) is 25.1 Å². The van der Waals surface area contributed by atoms with Crippen LogP contribution in [0.3, 0.4) is 0 Å². The molecular formula is C13H13ClFNO2. The van der Waals surface area contributed by atoms with E-state index in [9.17, 15) is 4.39 Å².